The number of hydrogen-bond acceptors (Lipinski definition) is 8. The van der Waals surface area contributed by atoms with E-state index < -0.39 is 17.6 Å². The van der Waals surface area contributed by atoms with Crippen LogP contribution in [0.15, 0.2) is 29.4 Å². The summed E-state index contributed by atoms with van der Waals surface area (Å²) in [6, 6.07) is 4.19. The molecule has 1 aromatic carbocycles. The molecule has 2 aromatic heterocycles. The molecule has 1 unspecified atom stereocenters. The lowest BCUT2D eigenvalue weighted by molar-refractivity contribution is -0.128. The number of β-lactam (4-membered cyclic amide) rings is 1. The van der Waals surface area contributed by atoms with E-state index in [9.17, 15) is 14.0 Å². The first-order valence-electron chi connectivity index (χ1n) is 9.82. The molecule has 2 aliphatic rings. The van der Waals surface area contributed by atoms with Crippen molar-refractivity contribution in [3.63, 3.8) is 0 Å². The smallest absolute Gasteiger partial charge is 0.296 e. The molecule has 3 N–H and O–H groups in total. The molecule has 0 aliphatic carbocycles. The number of imidazole rings is 1. The van der Waals surface area contributed by atoms with Gasteiger partial charge in [-0.3, -0.25) is 9.59 Å². The second kappa shape index (κ2) is 7.80. The number of fused-ring (bicyclic) bond motifs is 2. The Hall–Kier alpha value is -4.22. The molecule has 1 saturated heterocycles. The number of nitrogens with zero attached hydrogens (tertiary/aromatic N) is 4. The molecule has 12 heteroatoms. The summed E-state index contributed by atoms with van der Waals surface area (Å²) in [4.78, 5) is 32.1. The summed E-state index contributed by atoms with van der Waals surface area (Å²) in [5, 5.41) is 13.0. The van der Waals surface area contributed by atoms with E-state index >= 15 is 0 Å². The third-order valence-corrected chi connectivity index (χ3v) is 5.03. The Morgan fingerprint density at radius 2 is 2.16 bits per heavy atom. The van der Waals surface area contributed by atoms with Crippen molar-refractivity contribution in [2.24, 2.45) is 10.9 Å². The second-order valence-electron chi connectivity index (χ2n) is 7.11. The first-order chi connectivity index (χ1) is 15.5. The quantitative estimate of drug-likeness (QED) is 0.401. The van der Waals surface area contributed by atoms with E-state index in [0.29, 0.717) is 54.1 Å². The molecule has 2 aliphatic heterocycles. The number of aromatic nitrogens is 3. The van der Waals surface area contributed by atoms with E-state index in [1.165, 1.54) is 29.1 Å². The monoisotopic (exact) mass is 439 g/mol. The number of carbonyl (C=O) groups is 2. The molecule has 1 fully saturated rings. The minimum absolute atomic E-state index is 0.108. The molecule has 11 nitrogen and oxygen atoms in total. The maximum Gasteiger partial charge on any atom is 0.296 e. The largest absolute Gasteiger partial charge is 0.486 e. The minimum Gasteiger partial charge on any atom is -0.486 e. The maximum atomic E-state index is 14.1. The van der Waals surface area contributed by atoms with Crippen LogP contribution in [0.1, 0.15) is 10.5 Å². The molecule has 32 heavy (non-hydrogen) atoms. The standard InChI is InChI=1S/C20H18FN7O4/c1-22-13-6-16(26-12-4-11(21)5-15-17(12)32-3-2-31-15)27-28-14(9-23-18(13)28)20(30)25-8-10-7-24-19(10)29/h4-6,8-10,22H,2-3,7H2,1H3,(H,24,29)(H,26,27). The van der Waals surface area contributed by atoms with E-state index in [-0.39, 0.29) is 11.6 Å². The zero-order valence-corrected chi connectivity index (χ0v) is 16.9. The van der Waals surface area contributed by atoms with Crippen LogP contribution in [-0.2, 0) is 4.79 Å². The van der Waals surface area contributed by atoms with Crippen LogP contribution in [0, 0.1) is 11.7 Å². The Morgan fingerprint density at radius 1 is 1.31 bits per heavy atom. The van der Waals surface area contributed by atoms with Crippen molar-refractivity contribution in [2.45, 2.75) is 0 Å². The van der Waals surface area contributed by atoms with E-state index in [2.05, 4.69) is 31.0 Å². The SMILES string of the molecule is CNc1cc(Nc2cc(F)cc3c2OCCO3)nn2c(C(=O)N=CC3CNC3=O)cnc12. The van der Waals surface area contributed by atoms with E-state index in [1.807, 2.05) is 0 Å². The molecule has 1 atom stereocenters. The number of anilines is 3. The molecule has 0 bridgehead atoms. The van der Waals surface area contributed by atoms with Crippen molar-refractivity contribution in [3.8, 4) is 11.5 Å². The van der Waals surface area contributed by atoms with Crippen LogP contribution < -0.4 is 25.4 Å². The lowest BCUT2D eigenvalue weighted by Crippen LogP contribution is -2.49. The molecular weight excluding hydrogens is 421 g/mol. The number of hydrogen-bond donors (Lipinski definition) is 3. The number of aliphatic imine (C=N–C) groups is 1. The number of ether oxygens (including phenoxy) is 2. The van der Waals surface area contributed by atoms with Crippen LogP contribution in [0.25, 0.3) is 5.65 Å². The Kier molecular flexibility index (Phi) is 4.81. The van der Waals surface area contributed by atoms with Gasteiger partial charge in [-0.15, -0.1) is 5.10 Å². The molecule has 164 valence electrons. The molecule has 2 amide bonds. The topological polar surface area (TPSA) is 131 Å². The Balaban J connectivity index is 1.51. The van der Waals surface area contributed by atoms with Crippen LogP contribution in [-0.4, -0.2) is 59.4 Å². The average Bonchev–Trinajstić information content (AvgIpc) is 3.21. The highest BCUT2D eigenvalue weighted by molar-refractivity contribution is 6.04. The predicted molar refractivity (Wildman–Crippen MR) is 113 cm³/mol. The molecule has 0 spiro atoms. The summed E-state index contributed by atoms with van der Waals surface area (Å²) in [6.45, 7) is 1.11. The Morgan fingerprint density at radius 3 is 2.91 bits per heavy atom. The first-order valence-corrected chi connectivity index (χ1v) is 9.82. The summed E-state index contributed by atoms with van der Waals surface area (Å²) >= 11 is 0. The number of nitrogens with one attached hydrogen (secondary N) is 3. The first kappa shape index (κ1) is 19.7. The van der Waals surface area contributed by atoms with Crippen LogP contribution in [0.5, 0.6) is 11.5 Å². The van der Waals surface area contributed by atoms with Gasteiger partial charge in [-0.1, -0.05) is 0 Å². The summed E-state index contributed by atoms with van der Waals surface area (Å²) in [5.74, 6) is -0.720. The highest BCUT2D eigenvalue weighted by atomic mass is 19.1. The number of benzene rings is 1. The lowest BCUT2D eigenvalue weighted by atomic mass is 10.0. The molecule has 3 aromatic rings. The van der Waals surface area contributed by atoms with Gasteiger partial charge in [0.1, 0.15) is 19.0 Å². The third kappa shape index (κ3) is 3.45. The van der Waals surface area contributed by atoms with Gasteiger partial charge in [0, 0.05) is 38.0 Å². The van der Waals surface area contributed by atoms with Gasteiger partial charge >= 0.3 is 0 Å². The van der Waals surface area contributed by atoms with E-state index in [4.69, 9.17) is 9.47 Å². The van der Waals surface area contributed by atoms with Gasteiger partial charge in [-0.05, 0) is 0 Å². The summed E-state index contributed by atoms with van der Waals surface area (Å²) in [6.07, 6.45) is 2.67. The van der Waals surface area contributed by atoms with Crippen molar-refractivity contribution in [1.29, 1.82) is 0 Å². The van der Waals surface area contributed by atoms with E-state index in [1.54, 1.807) is 13.1 Å². The van der Waals surface area contributed by atoms with Crippen molar-refractivity contribution < 1.29 is 23.5 Å². The highest BCUT2D eigenvalue weighted by Crippen LogP contribution is 2.40. The van der Waals surface area contributed by atoms with Gasteiger partial charge in [0.2, 0.25) is 5.91 Å². The normalized spacial score (nSPS) is 17.2. The van der Waals surface area contributed by atoms with Gasteiger partial charge in [-0.2, -0.15) is 0 Å². The van der Waals surface area contributed by atoms with Crippen molar-refractivity contribution >= 4 is 40.9 Å². The van der Waals surface area contributed by atoms with Crippen molar-refractivity contribution in [2.75, 3.05) is 37.4 Å². The fraction of sp³-hybridized carbons (Fsp3) is 0.250. The Labute approximate surface area is 180 Å². The third-order valence-electron chi connectivity index (χ3n) is 5.03. The summed E-state index contributed by atoms with van der Waals surface area (Å²) < 4.78 is 26.5. The van der Waals surface area contributed by atoms with Gasteiger partial charge < -0.3 is 25.4 Å². The molecule has 5 rings (SSSR count). The Bertz CT molecular complexity index is 1270. The highest BCUT2D eigenvalue weighted by Gasteiger charge is 2.26. The van der Waals surface area contributed by atoms with Crippen molar-refractivity contribution in [1.82, 2.24) is 19.9 Å². The summed E-state index contributed by atoms with van der Waals surface area (Å²) in [5.41, 5.74) is 1.41. The van der Waals surface area contributed by atoms with Gasteiger partial charge in [-0.25, -0.2) is 18.9 Å². The van der Waals surface area contributed by atoms with Crippen LogP contribution in [0.4, 0.5) is 21.6 Å². The molecule has 0 saturated carbocycles. The fourth-order valence-corrected chi connectivity index (χ4v) is 3.36. The van der Waals surface area contributed by atoms with Gasteiger partial charge in [0.05, 0.1) is 23.5 Å². The lowest BCUT2D eigenvalue weighted by Gasteiger charge is -2.21. The van der Waals surface area contributed by atoms with Gasteiger partial charge in [0.25, 0.3) is 5.91 Å². The number of carbonyl (C=O) groups excluding carboxylic acids is 2. The van der Waals surface area contributed by atoms with Crippen LogP contribution in [0.2, 0.25) is 0 Å². The van der Waals surface area contributed by atoms with Crippen LogP contribution in [0.3, 0.4) is 0 Å². The maximum absolute atomic E-state index is 14.1. The second-order valence-corrected chi connectivity index (χ2v) is 7.11. The zero-order chi connectivity index (χ0) is 22.2. The number of halogens is 1. The minimum atomic E-state index is -0.594. The molecule has 4 heterocycles. The average molecular weight is 439 g/mol. The molecular formula is C20H18FN7O4. The van der Waals surface area contributed by atoms with Crippen molar-refractivity contribution in [3.05, 3.63) is 35.9 Å². The van der Waals surface area contributed by atoms with Crippen LogP contribution >= 0.6 is 0 Å². The summed E-state index contributed by atoms with van der Waals surface area (Å²) in [7, 11) is 1.70. The fourth-order valence-electron chi connectivity index (χ4n) is 3.36. The zero-order valence-electron chi connectivity index (χ0n) is 16.9. The van der Waals surface area contributed by atoms with Gasteiger partial charge in [0.15, 0.2) is 28.7 Å². The number of amides is 2. The van der Waals surface area contributed by atoms with E-state index in [0.717, 1.165) is 0 Å². The number of rotatable bonds is 5. The predicted octanol–water partition coefficient (Wildman–Crippen LogP) is 1.38. The molecule has 0 radical (unpaired) electrons.